The second kappa shape index (κ2) is 2.97. The Morgan fingerprint density at radius 3 is 2.93 bits per heavy atom. The highest BCUT2D eigenvalue weighted by molar-refractivity contribution is 5.87. The Hall–Kier alpha value is -1.58. The van der Waals surface area contributed by atoms with E-state index in [2.05, 4.69) is 17.0 Å². The molecule has 0 spiro atoms. The highest BCUT2D eigenvalue weighted by Crippen LogP contribution is 2.44. The third-order valence-electron chi connectivity index (χ3n) is 2.50. The van der Waals surface area contributed by atoms with Crippen LogP contribution in [0.1, 0.15) is 18.5 Å². The van der Waals surface area contributed by atoms with Crippen LogP contribution in [0.3, 0.4) is 0 Å². The molecule has 1 aromatic heterocycles. The predicted octanol–water partition coefficient (Wildman–Crippen LogP) is 0.711. The Morgan fingerprint density at radius 2 is 2.50 bits per heavy atom. The van der Waals surface area contributed by atoms with Crippen molar-refractivity contribution in [2.45, 2.75) is 18.4 Å². The molecule has 0 radical (unpaired) electrons. The van der Waals surface area contributed by atoms with Gasteiger partial charge >= 0.3 is 0 Å². The van der Waals surface area contributed by atoms with Gasteiger partial charge in [-0.3, -0.25) is 9.48 Å². The maximum atomic E-state index is 11.2. The average Bonchev–Trinajstić information content (AvgIpc) is 2.81. The molecule has 0 aliphatic heterocycles. The summed E-state index contributed by atoms with van der Waals surface area (Å²) >= 11 is 0. The maximum absolute atomic E-state index is 11.2. The van der Waals surface area contributed by atoms with Crippen molar-refractivity contribution in [3.63, 3.8) is 0 Å². The molecule has 0 unspecified atom stereocenters. The molecule has 0 atom stereocenters. The zero-order valence-corrected chi connectivity index (χ0v) is 8.16. The van der Waals surface area contributed by atoms with Crippen LogP contribution in [-0.4, -0.2) is 15.7 Å². The van der Waals surface area contributed by atoms with Crippen LogP contribution in [0.25, 0.3) is 0 Å². The molecule has 1 amide bonds. The van der Waals surface area contributed by atoms with E-state index in [0.29, 0.717) is 0 Å². The van der Waals surface area contributed by atoms with Crippen LogP contribution in [0, 0.1) is 0 Å². The smallest absolute Gasteiger partial charge is 0.244 e. The van der Waals surface area contributed by atoms with Gasteiger partial charge in [0.1, 0.15) is 0 Å². The lowest BCUT2D eigenvalue weighted by molar-refractivity contribution is -0.117. The van der Waals surface area contributed by atoms with E-state index in [-0.39, 0.29) is 11.4 Å². The second-order valence-corrected chi connectivity index (χ2v) is 3.65. The monoisotopic (exact) mass is 191 g/mol. The predicted molar refractivity (Wildman–Crippen MR) is 52.5 cm³/mol. The van der Waals surface area contributed by atoms with E-state index in [4.69, 9.17) is 0 Å². The third kappa shape index (κ3) is 1.43. The summed E-state index contributed by atoms with van der Waals surface area (Å²) in [5.74, 6) is -0.131. The SMILES string of the molecule is C=CC(=O)NC1(c2ccn(C)n2)CC1. The van der Waals surface area contributed by atoms with E-state index in [1.165, 1.54) is 6.08 Å². The zero-order valence-electron chi connectivity index (χ0n) is 8.16. The molecule has 0 aromatic carbocycles. The molecule has 2 rings (SSSR count). The van der Waals surface area contributed by atoms with Crippen LogP contribution in [0.5, 0.6) is 0 Å². The summed E-state index contributed by atoms with van der Waals surface area (Å²) in [5.41, 5.74) is 0.724. The summed E-state index contributed by atoms with van der Waals surface area (Å²) in [7, 11) is 1.87. The number of hydrogen-bond acceptors (Lipinski definition) is 2. The minimum absolute atomic E-state index is 0.131. The van der Waals surface area contributed by atoms with Crippen LogP contribution in [-0.2, 0) is 17.4 Å². The number of nitrogens with one attached hydrogen (secondary N) is 1. The largest absolute Gasteiger partial charge is 0.341 e. The van der Waals surface area contributed by atoms with Crippen molar-refractivity contribution in [3.05, 3.63) is 30.6 Å². The molecule has 0 saturated heterocycles. The normalized spacial score (nSPS) is 17.5. The first-order valence-electron chi connectivity index (χ1n) is 4.61. The minimum Gasteiger partial charge on any atom is -0.341 e. The van der Waals surface area contributed by atoms with Gasteiger partial charge in [0, 0.05) is 13.2 Å². The number of aryl methyl sites for hydroxylation is 1. The third-order valence-corrected chi connectivity index (χ3v) is 2.50. The number of carbonyl (C=O) groups excluding carboxylic acids is 1. The molecule has 1 aliphatic rings. The molecule has 1 saturated carbocycles. The van der Waals surface area contributed by atoms with Crippen molar-refractivity contribution < 1.29 is 4.79 Å². The number of hydrogen-bond donors (Lipinski definition) is 1. The van der Waals surface area contributed by atoms with E-state index < -0.39 is 0 Å². The summed E-state index contributed by atoms with van der Waals surface area (Å²) in [4.78, 5) is 11.2. The molecule has 1 fully saturated rings. The first kappa shape index (κ1) is 8.99. The van der Waals surface area contributed by atoms with Gasteiger partial charge in [0.05, 0.1) is 11.2 Å². The highest BCUT2D eigenvalue weighted by atomic mass is 16.1. The van der Waals surface area contributed by atoms with Crippen LogP contribution in [0.15, 0.2) is 24.9 Å². The van der Waals surface area contributed by atoms with Crippen LogP contribution in [0.2, 0.25) is 0 Å². The summed E-state index contributed by atoms with van der Waals surface area (Å²) in [6.07, 6.45) is 5.10. The van der Waals surface area contributed by atoms with Crippen molar-refractivity contribution in [3.8, 4) is 0 Å². The molecule has 1 aliphatic carbocycles. The van der Waals surface area contributed by atoms with Gasteiger partial charge in [0.15, 0.2) is 0 Å². The Kier molecular flexibility index (Phi) is 1.91. The lowest BCUT2D eigenvalue weighted by Crippen LogP contribution is -2.33. The quantitative estimate of drug-likeness (QED) is 0.715. The van der Waals surface area contributed by atoms with Crippen LogP contribution >= 0.6 is 0 Å². The number of amides is 1. The summed E-state index contributed by atoms with van der Waals surface area (Å²) in [6, 6.07) is 1.94. The summed E-state index contributed by atoms with van der Waals surface area (Å²) in [5, 5.41) is 7.21. The molecular formula is C10H13N3O. The van der Waals surface area contributed by atoms with Crippen molar-refractivity contribution in [2.24, 2.45) is 7.05 Å². The fourth-order valence-electron chi connectivity index (χ4n) is 1.53. The average molecular weight is 191 g/mol. The molecule has 1 heterocycles. The van der Waals surface area contributed by atoms with Crippen LogP contribution < -0.4 is 5.32 Å². The fourth-order valence-corrected chi connectivity index (χ4v) is 1.53. The zero-order chi connectivity index (χ0) is 10.2. The maximum Gasteiger partial charge on any atom is 0.244 e. The van der Waals surface area contributed by atoms with Gasteiger partial charge in [-0.1, -0.05) is 6.58 Å². The Labute approximate surface area is 82.6 Å². The lowest BCUT2D eigenvalue weighted by Gasteiger charge is -2.12. The van der Waals surface area contributed by atoms with Gasteiger partial charge < -0.3 is 5.32 Å². The van der Waals surface area contributed by atoms with Crippen molar-refractivity contribution in [1.82, 2.24) is 15.1 Å². The van der Waals surface area contributed by atoms with Crippen molar-refractivity contribution in [1.29, 1.82) is 0 Å². The van der Waals surface area contributed by atoms with Gasteiger partial charge in [-0.15, -0.1) is 0 Å². The highest BCUT2D eigenvalue weighted by Gasteiger charge is 2.47. The van der Waals surface area contributed by atoms with Gasteiger partial charge in [-0.05, 0) is 25.0 Å². The Morgan fingerprint density at radius 1 is 1.79 bits per heavy atom. The number of nitrogens with zero attached hydrogens (tertiary/aromatic N) is 2. The van der Waals surface area contributed by atoms with E-state index in [0.717, 1.165) is 18.5 Å². The molecule has 4 nitrogen and oxygen atoms in total. The molecule has 0 bridgehead atoms. The van der Waals surface area contributed by atoms with E-state index in [1.54, 1.807) is 4.68 Å². The number of carbonyl (C=O) groups is 1. The van der Waals surface area contributed by atoms with Crippen molar-refractivity contribution >= 4 is 5.91 Å². The molecule has 74 valence electrons. The van der Waals surface area contributed by atoms with Gasteiger partial charge in [-0.2, -0.15) is 5.10 Å². The summed E-state index contributed by atoms with van der Waals surface area (Å²) < 4.78 is 1.75. The Balaban J connectivity index is 2.17. The standard InChI is InChI=1S/C10H13N3O/c1-3-9(14)11-10(5-6-10)8-4-7-13(2)12-8/h3-4,7H,1,5-6H2,2H3,(H,11,14). The topological polar surface area (TPSA) is 46.9 Å². The first-order valence-corrected chi connectivity index (χ1v) is 4.61. The van der Waals surface area contributed by atoms with Crippen LogP contribution in [0.4, 0.5) is 0 Å². The molecule has 14 heavy (non-hydrogen) atoms. The fraction of sp³-hybridized carbons (Fsp3) is 0.400. The second-order valence-electron chi connectivity index (χ2n) is 3.65. The lowest BCUT2D eigenvalue weighted by atomic mass is 10.2. The minimum atomic E-state index is -0.216. The molecular weight excluding hydrogens is 178 g/mol. The van der Waals surface area contributed by atoms with E-state index in [9.17, 15) is 4.79 Å². The number of aromatic nitrogens is 2. The van der Waals surface area contributed by atoms with Gasteiger partial charge in [0.2, 0.25) is 5.91 Å². The number of rotatable bonds is 3. The van der Waals surface area contributed by atoms with Crippen molar-refractivity contribution in [2.75, 3.05) is 0 Å². The first-order chi connectivity index (χ1) is 6.66. The molecule has 1 N–H and O–H groups in total. The Bertz CT molecular complexity index is 376. The van der Waals surface area contributed by atoms with Gasteiger partial charge in [0.25, 0.3) is 0 Å². The molecule has 4 heteroatoms. The molecule has 1 aromatic rings. The van der Waals surface area contributed by atoms with E-state index in [1.807, 2.05) is 19.3 Å². The van der Waals surface area contributed by atoms with Gasteiger partial charge in [-0.25, -0.2) is 0 Å². The summed E-state index contributed by atoms with van der Waals surface area (Å²) in [6.45, 7) is 3.43. The van der Waals surface area contributed by atoms with E-state index >= 15 is 0 Å².